The molecule has 1 fully saturated rings. The molecule has 1 aliphatic heterocycles. The fourth-order valence-corrected chi connectivity index (χ4v) is 3.16. The molecule has 0 bridgehead atoms. The third kappa shape index (κ3) is 4.31. The van der Waals surface area contributed by atoms with Crippen molar-refractivity contribution in [1.29, 1.82) is 0 Å². The average Bonchev–Trinajstić information content (AvgIpc) is 2.68. The number of carbonyl (C=O) groups is 3. The maximum Gasteiger partial charge on any atom is 0.337 e. The Morgan fingerprint density at radius 2 is 1.74 bits per heavy atom. The Hall–Kier alpha value is -3.22. The van der Waals surface area contributed by atoms with Gasteiger partial charge in [0.15, 0.2) is 0 Å². The number of pyridine rings is 1. The molecular weight excluding hydrogens is 346 g/mol. The van der Waals surface area contributed by atoms with Crippen molar-refractivity contribution in [3.05, 3.63) is 65.0 Å². The van der Waals surface area contributed by atoms with Gasteiger partial charge >= 0.3 is 5.97 Å². The van der Waals surface area contributed by atoms with E-state index in [1.165, 1.54) is 12.1 Å². The lowest BCUT2D eigenvalue weighted by atomic mass is 10.0. The quantitative estimate of drug-likeness (QED) is 0.862. The molecule has 0 unspecified atom stereocenters. The Morgan fingerprint density at radius 3 is 2.33 bits per heavy atom. The molecule has 2 amide bonds. The Kier molecular flexibility index (Phi) is 5.49. The van der Waals surface area contributed by atoms with Gasteiger partial charge in [-0.25, -0.2) is 9.78 Å². The summed E-state index contributed by atoms with van der Waals surface area (Å²) >= 11 is 0. The van der Waals surface area contributed by atoms with E-state index in [1.54, 1.807) is 24.0 Å². The summed E-state index contributed by atoms with van der Waals surface area (Å²) in [5.41, 5.74) is 1.25. The monoisotopic (exact) mass is 367 g/mol. The predicted molar refractivity (Wildman–Crippen MR) is 98.8 cm³/mol. The number of benzene rings is 1. The van der Waals surface area contributed by atoms with Crippen molar-refractivity contribution >= 4 is 17.8 Å². The number of nitrogens with zero attached hydrogens (tertiary/aromatic N) is 2. The van der Waals surface area contributed by atoms with Gasteiger partial charge in [-0.05, 0) is 44.0 Å². The molecule has 0 spiro atoms. The smallest absolute Gasteiger partial charge is 0.337 e. The van der Waals surface area contributed by atoms with E-state index < -0.39 is 5.97 Å². The van der Waals surface area contributed by atoms with E-state index in [0.717, 1.165) is 0 Å². The molecule has 2 heterocycles. The molecule has 1 saturated heterocycles. The van der Waals surface area contributed by atoms with Crippen LogP contribution in [0, 0.1) is 6.92 Å². The highest BCUT2D eigenvalue weighted by Gasteiger charge is 2.25. The Morgan fingerprint density at radius 1 is 1.07 bits per heavy atom. The first-order valence-corrected chi connectivity index (χ1v) is 8.82. The Balaban J connectivity index is 1.56. The number of amides is 2. The van der Waals surface area contributed by atoms with E-state index in [9.17, 15) is 14.4 Å². The first-order chi connectivity index (χ1) is 13.0. The van der Waals surface area contributed by atoms with E-state index in [0.29, 0.717) is 37.2 Å². The molecule has 140 valence electrons. The van der Waals surface area contributed by atoms with Gasteiger partial charge in [-0.1, -0.05) is 18.2 Å². The molecule has 0 radical (unpaired) electrons. The van der Waals surface area contributed by atoms with Crippen LogP contribution in [0.15, 0.2) is 42.5 Å². The average molecular weight is 367 g/mol. The third-order valence-electron chi connectivity index (χ3n) is 4.69. The van der Waals surface area contributed by atoms with E-state index in [1.807, 2.05) is 18.2 Å². The van der Waals surface area contributed by atoms with Gasteiger partial charge in [0.05, 0.1) is 11.3 Å². The SMILES string of the molecule is Cc1nc(C(=O)NC2CCN(C(=O)c3ccccc3)CC2)ccc1C(=O)O. The highest BCUT2D eigenvalue weighted by molar-refractivity contribution is 5.95. The minimum Gasteiger partial charge on any atom is -0.478 e. The Bertz CT molecular complexity index is 859. The second-order valence-corrected chi connectivity index (χ2v) is 6.54. The zero-order valence-electron chi connectivity index (χ0n) is 15.0. The minimum atomic E-state index is -1.07. The van der Waals surface area contributed by atoms with Gasteiger partial charge in [0.25, 0.3) is 11.8 Å². The van der Waals surface area contributed by atoms with Crippen LogP contribution in [0.5, 0.6) is 0 Å². The van der Waals surface area contributed by atoms with Gasteiger partial charge in [-0.3, -0.25) is 9.59 Å². The van der Waals surface area contributed by atoms with Crippen LogP contribution in [0.1, 0.15) is 49.7 Å². The van der Waals surface area contributed by atoms with Crippen LogP contribution in [-0.2, 0) is 0 Å². The number of hydrogen-bond acceptors (Lipinski definition) is 4. The molecule has 2 aromatic rings. The first kappa shape index (κ1) is 18.6. The second kappa shape index (κ2) is 7.99. The van der Waals surface area contributed by atoms with Gasteiger partial charge in [-0.2, -0.15) is 0 Å². The van der Waals surface area contributed by atoms with Crippen molar-refractivity contribution in [3.63, 3.8) is 0 Å². The molecule has 1 aromatic heterocycles. The summed E-state index contributed by atoms with van der Waals surface area (Å²) < 4.78 is 0. The number of aryl methyl sites for hydroxylation is 1. The van der Waals surface area contributed by atoms with Crippen molar-refractivity contribution < 1.29 is 19.5 Å². The normalized spacial score (nSPS) is 14.6. The van der Waals surface area contributed by atoms with Crippen LogP contribution in [-0.4, -0.2) is 51.9 Å². The molecule has 7 nitrogen and oxygen atoms in total. The predicted octanol–water partition coefficient (Wildman–Crippen LogP) is 2.12. The molecule has 0 aliphatic carbocycles. The van der Waals surface area contributed by atoms with Gasteiger partial charge in [0, 0.05) is 24.7 Å². The van der Waals surface area contributed by atoms with Gasteiger partial charge in [-0.15, -0.1) is 0 Å². The van der Waals surface area contributed by atoms with E-state index in [-0.39, 0.29) is 29.1 Å². The molecule has 2 N–H and O–H groups in total. The number of carboxylic acid groups (broad SMARTS) is 1. The molecule has 0 atom stereocenters. The number of likely N-dealkylation sites (tertiary alicyclic amines) is 1. The lowest BCUT2D eigenvalue weighted by Crippen LogP contribution is -2.46. The summed E-state index contributed by atoms with van der Waals surface area (Å²) in [5.74, 6) is -1.40. The zero-order valence-corrected chi connectivity index (χ0v) is 15.0. The Labute approximate surface area is 157 Å². The van der Waals surface area contributed by atoms with Gasteiger partial charge in [0.1, 0.15) is 5.69 Å². The summed E-state index contributed by atoms with van der Waals surface area (Å²) in [5, 5.41) is 12.0. The molecular formula is C20H21N3O4. The summed E-state index contributed by atoms with van der Waals surface area (Å²) in [6.07, 6.45) is 1.33. The molecule has 1 aliphatic rings. The number of hydrogen-bond donors (Lipinski definition) is 2. The topological polar surface area (TPSA) is 99.6 Å². The zero-order chi connectivity index (χ0) is 19.4. The van der Waals surface area contributed by atoms with E-state index >= 15 is 0 Å². The molecule has 0 saturated carbocycles. The highest BCUT2D eigenvalue weighted by atomic mass is 16.4. The van der Waals surface area contributed by atoms with Gasteiger partial charge in [0.2, 0.25) is 0 Å². The number of carbonyl (C=O) groups excluding carboxylic acids is 2. The lowest BCUT2D eigenvalue weighted by Gasteiger charge is -2.32. The lowest BCUT2D eigenvalue weighted by molar-refractivity contribution is 0.0683. The van der Waals surface area contributed by atoms with Crippen LogP contribution in [0.3, 0.4) is 0 Å². The molecule has 7 heteroatoms. The third-order valence-corrected chi connectivity index (χ3v) is 4.69. The number of piperidine rings is 1. The van der Waals surface area contributed by atoms with Crippen LogP contribution in [0.4, 0.5) is 0 Å². The summed E-state index contributed by atoms with van der Waals surface area (Å²) in [6, 6.07) is 11.9. The summed E-state index contributed by atoms with van der Waals surface area (Å²) in [6.45, 7) is 2.71. The summed E-state index contributed by atoms with van der Waals surface area (Å²) in [4.78, 5) is 41.8. The highest BCUT2D eigenvalue weighted by Crippen LogP contribution is 2.15. The molecule has 3 rings (SSSR count). The number of aromatic nitrogens is 1. The van der Waals surface area contributed by atoms with Crippen molar-refractivity contribution in [2.45, 2.75) is 25.8 Å². The number of carboxylic acids is 1. The standard InChI is InChI=1S/C20H21N3O4/c1-13-16(20(26)27)7-8-17(21-13)18(24)22-15-9-11-23(12-10-15)19(25)14-5-3-2-4-6-14/h2-8,15H,9-12H2,1H3,(H,22,24)(H,26,27). The first-order valence-electron chi connectivity index (χ1n) is 8.82. The van der Waals surface area contributed by atoms with Crippen molar-refractivity contribution in [3.8, 4) is 0 Å². The van der Waals surface area contributed by atoms with Crippen LogP contribution >= 0.6 is 0 Å². The molecule has 1 aromatic carbocycles. The number of aromatic carboxylic acids is 1. The second-order valence-electron chi connectivity index (χ2n) is 6.54. The number of nitrogens with one attached hydrogen (secondary N) is 1. The van der Waals surface area contributed by atoms with Crippen molar-refractivity contribution in [2.75, 3.05) is 13.1 Å². The maximum absolute atomic E-state index is 12.5. The van der Waals surface area contributed by atoms with Crippen molar-refractivity contribution in [1.82, 2.24) is 15.2 Å². The molecule has 27 heavy (non-hydrogen) atoms. The van der Waals surface area contributed by atoms with E-state index in [4.69, 9.17) is 5.11 Å². The van der Waals surface area contributed by atoms with Crippen LogP contribution in [0.25, 0.3) is 0 Å². The number of rotatable bonds is 4. The van der Waals surface area contributed by atoms with Crippen molar-refractivity contribution in [2.24, 2.45) is 0 Å². The van der Waals surface area contributed by atoms with Crippen LogP contribution in [0.2, 0.25) is 0 Å². The van der Waals surface area contributed by atoms with Gasteiger partial charge < -0.3 is 15.3 Å². The fraction of sp³-hybridized carbons (Fsp3) is 0.300. The van der Waals surface area contributed by atoms with E-state index in [2.05, 4.69) is 10.3 Å². The summed E-state index contributed by atoms with van der Waals surface area (Å²) in [7, 11) is 0. The fourth-order valence-electron chi connectivity index (χ4n) is 3.16. The maximum atomic E-state index is 12.5. The van der Waals surface area contributed by atoms with Crippen LogP contribution < -0.4 is 5.32 Å². The largest absolute Gasteiger partial charge is 0.478 e. The minimum absolute atomic E-state index is 0.00178.